The fourth-order valence-corrected chi connectivity index (χ4v) is 4.18. The first-order valence-electron chi connectivity index (χ1n) is 10.1. The molecule has 0 aromatic rings. The molecule has 0 bridgehead atoms. The average Bonchev–Trinajstić information content (AvgIpc) is 2.96. The summed E-state index contributed by atoms with van der Waals surface area (Å²) in [6, 6.07) is 1.03. The first-order valence-corrected chi connectivity index (χ1v) is 10.1. The Labute approximate surface area is 153 Å². The number of nitrogens with one attached hydrogen (secondary N) is 2. The molecule has 0 heterocycles. The maximum absolute atomic E-state index is 13.6. The third-order valence-electron chi connectivity index (χ3n) is 5.78. The Kier molecular flexibility index (Phi) is 8.66. The molecule has 2 saturated carbocycles. The summed E-state index contributed by atoms with van der Waals surface area (Å²) in [6.07, 6.45) is 14.0. The van der Waals surface area contributed by atoms with Crippen LogP contribution in [0.1, 0.15) is 71.1 Å². The normalized spacial score (nSPS) is 32.2. The van der Waals surface area contributed by atoms with Crippen LogP contribution >= 0.6 is 0 Å². The van der Waals surface area contributed by atoms with Crippen molar-refractivity contribution < 1.29 is 4.39 Å². The summed E-state index contributed by atoms with van der Waals surface area (Å²) in [6.45, 7) is 6.15. The van der Waals surface area contributed by atoms with Gasteiger partial charge in [0.25, 0.3) is 0 Å². The summed E-state index contributed by atoms with van der Waals surface area (Å²) in [5, 5.41) is 6.92. The number of allylic oxidation sites excluding steroid dienone is 2. The molecule has 2 aliphatic carbocycles. The topological polar surface area (TPSA) is 36.4 Å². The predicted octanol–water partition coefficient (Wildman–Crippen LogP) is 4.90. The van der Waals surface area contributed by atoms with Gasteiger partial charge >= 0.3 is 0 Å². The van der Waals surface area contributed by atoms with Crippen LogP contribution in [0.25, 0.3) is 0 Å². The van der Waals surface area contributed by atoms with Gasteiger partial charge < -0.3 is 10.6 Å². The molecule has 0 aliphatic heterocycles. The molecule has 4 unspecified atom stereocenters. The van der Waals surface area contributed by atoms with E-state index in [2.05, 4.69) is 35.2 Å². The SMILES string of the molecule is C=C(/N=C\C(=C/C)C1CCCC(F)CC1)NC1CCCCC(NC)C1. The summed E-state index contributed by atoms with van der Waals surface area (Å²) >= 11 is 0. The van der Waals surface area contributed by atoms with Crippen molar-refractivity contribution in [3.8, 4) is 0 Å². The summed E-state index contributed by atoms with van der Waals surface area (Å²) in [7, 11) is 2.05. The van der Waals surface area contributed by atoms with Gasteiger partial charge in [0.2, 0.25) is 0 Å². The third-order valence-corrected chi connectivity index (χ3v) is 5.78. The van der Waals surface area contributed by atoms with Crippen LogP contribution in [0.3, 0.4) is 0 Å². The van der Waals surface area contributed by atoms with Crippen LogP contribution in [0.4, 0.5) is 4.39 Å². The summed E-state index contributed by atoms with van der Waals surface area (Å²) in [5.74, 6) is 1.19. The Morgan fingerprint density at radius 3 is 2.52 bits per heavy atom. The van der Waals surface area contributed by atoms with Crippen molar-refractivity contribution in [2.45, 2.75) is 89.4 Å². The zero-order valence-corrected chi connectivity index (χ0v) is 16.1. The fourth-order valence-electron chi connectivity index (χ4n) is 4.18. The molecule has 0 aromatic heterocycles. The van der Waals surface area contributed by atoms with E-state index >= 15 is 0 Å². The van der Waals surface area contributed by atoms with E-state index in [4.69, 9.17) is 0 Å². The number of alkyl halides is 1. The van der Waals surface area contributed by atoms with Gasteiger partial charge in [-0.15, -0.1) is 0 Å². The zero-order valence-electron chi connectivity index (χ0n) is 16.1. The molecular formula is C21H36FN3. The van der Waals surface area contributed by atoms with E-state index < -0.39 is 6.17 Å². The van der Waals surface area contributed by atoms with Crippen molar-refractivity contribution in [3.05, 3.63) is 24.0 Å². The molecule has 0 aromatic carbocycles. The lowest BCUT2D eigenvalue weighted by Crippen LogP contribution is -2.35. The molecule has 2 N–H and O–H groups in total. The minimum Gasteiger partial charge on any atom is -0.368 e. The molecule has 2 aliphatic rings. The van der Waals surface area contributed by atoms with E-state index in [1.54, 1.807) is 0 Å². The molecule has 142 valence electrons. The minimum absolute atomic E-state index is 0.439. The standard InChI is InChI=1S/C21H36FN3/c1-4-17(18-8-7-9-19(22)13-12-18)15-24-16(2)25-21-11-6-5-10-20(14-21)23-3/h4,15,18-21,23,25H,2,5-14H2,1,3H3/b17-4+,24-15-. The van der Waals surface area contributed by atoms with Crippen molar-refractivity contribution in [1.29, 1.82) is 0 Å². The van der Waals surface area contributed by atoms with Crippen LogP contribution < -0.4 is 10.6 Å². The molecule has 0 saturated heterocycles. The van der Waals surface area contributed by atoms with Crippen LogP contribution in [0.15, 0.2) is 29.0 Å². The first-order chi connectivity index (χ1) is 12.1. The highest BCUT2D eigenvalue weighted by atomic mass is 19.1. The Bertz CT molecular complexity index is 472. The number of rotatable bonds is 6. The highest BCUT2D eigenvalue weighted by Gasteiger charge is 2.21. The van der Waals surface area contributed by atoms with Gasteiger partial charge in [-0.1, -0.05) is 25.5 Å². The smallest absolute Gasteiger partial charge is 0.118 e. The van der Waals surface area contributed by atoms with E-state index in [0.717, 1.165) is 31.5 Å². The van der Waals surface area contributed by atoms with Crippen LogP contribution in [-0.4, -0.2) is 31.5 Å². The van der Waals surface area contributed by atoms with E-state index in [1.807, 2.05) is 13.3 Å². The van der Waals surface area contributed by atoms with Gasteiger partial charge in [-0.05, 0) is 76.8 Å². The van der Waals surface area contributed by atoms with E-state index in [1.165, 1.54) is 31.3 Å². The van der Waals surface area contributed by atoms with Gasteiger partial charge in [0.1, 0.15) is 12.0 Å². The van der Waals surface area contributed by atoms with Crippen molar-refractivity contribution in [3.63, 3.8) is 0 Å². The molecule has 25 heavy (non-hydrogen) atoms. The molecular weight excluding hydrogens is 313 g/mol. The number of hydrogen-bond donors (Lipinski definition) is 2. The molecule has 2 rings (SSSR count). The number of nitrogens with zero attached hydrogens (tertiary/aromatic N) is 1. The number of aliphatic imine (C=N–C) groups is 1. The Morgan fingerprint density at radius 2 is 1.80 bits per heavy atom. The molecule has 0 spiro atoms. The molecule has 4 atom stereocenters. The van der Waals surface area contributed by atoms with Crippen LogP contribution in [0, 0.1) is 5.92 Å². The van der Waals surface area contributed by atoms with Crippen LogP contribution in [0.5, 0.6) is 0 Å². The monoisotopic (exact) mass is 349 g/mol. The maximum atomic E-state index is 13.6. The second-order valence-electron chi connectivity index (χ2n) is 7.64. The minimum atomic E-state index is -0.618. The molecule has 2 fully saturated rings. The summed E-state index contributed by atoms with van der Waals surface area (Å²) < 4.78 is 13.6. The number of hydrogen-bond acceptors (Lipinski definition) is 3. The van der Waals surface area contributed by atoms with Gasteiger partial charge in [-0.2, -0.15) is 0 Å². The van der Waals surface area contributed by atoms with Gasteiger partial charge in [0.05, 0.1) is 0 Å². The van der Waals surface area contributed by atoms with Gasteiger partial charge in [0, 0.05) is 18.3 Å². The summed E-state index contributed by atoms with van der Waals surface area (Å²) in [4.78, 5) is 4.58. The van der Waals surface area contributed by atoms with E-state index in [9.17, 15) is 4.39 Å². The van der Waals surface area contributed by atoms with Gasteiger partial charge in [-0.25, -0.2) is 9.38 Å². The molecule has 3 nitrogen and oxygen atoms in total. The lowest BCUT2D eigenvalue weighted by atomic mass is 9.92. The first kappa shape index (κ1) is 20.2. The molecule has 4 heteroatoms. The fraction of sp³-hybridized carbons (Fsp3) is 0.762. The van der Waals surface area contributed by atoms with Crippen molar-refractivity contribution in [1.82, 2.24) is 10.6 Å². The second-order valence-corrected chi connectivity index (χ2v) is 7.64. The lowest BCUT2D eigenvalue weighted by Gasteiger charge is -2.21. The lowest BCUT2D eigenvalue weighted by molar-refractivity contribution is 0.299. The zero-order chi connectivity index (χ0) is 18.1. The van der Waals surface area contributed by atoms with Crippen LogP contribution in [0.2, 0.25) is 0 Å². The van der Waals surface area contributed by atoms with E-state index in [-0.39, 0.29) is 0 Å². The van der Waals surface area contributed by atoms with E-state index in [0.29, 0.717) is 30.8 Å². The van der Waals surface area contributed by atoms with Crippen LogP contribution in [-0.2, 0) is 0 Å². The Hall–Kier alpha value is -1.16. The van der Waals surface area contributed by atoms with Gasteiger partial charge in [0.15, 0.2) is 0 Å². The molecule has 0 radical (unpaired) electrons. The Balaban J connectivity index is 1.86. The van der Waals surface area contributed by atoms with Gasteiger partial charge in [-0.3, -0.25) is 0 Å². The second kappa shape index (κ2) is 10.7. The van der Waals surface area contributed by atoms with Crippen molar-refractivity contribution >= 4 is 6.21 Å². The highest BCUT2D eigenvalue weighted by molar-refractivity contribution is 5.79. The Morgan fingerprint density at radius 1 is 1.04 bits per heavy atom. The third kappa shape index (κ3) is 6.93. The van der Waals surface area contributed by atoms with Crippen molar-refractivity contribution in [2.75, 3.05) is 7.05 Å². The average molecular weight is 350 g/mol. The predicted molar refractivity (Wildman–Crippen MR) is 106 cm³/mol. The van der Waals surface area contributed by atoms with Crippen molar-refractivity contribution in [2.24, 2.45) is 10.9 Å². The summed E-state index contributed by atoms with van der Waals surface area (Å²) in [5.41, 5.74) is 1.23. The largest absolute Gasteiger partial charge is 0.368 e. The molecule has 0 amide bonds. The quantitative estimate of drug-likeness (QED) is 0.528. The number of halogens is 1. The highest BCUT2D eigenvalue weighted by Crippen LogP contribution is 2.29. The maximum Gasteiger partial charge on any atom is 0.118 e.